The molecule has 0 radical (unpaired) electrons. The molecular formula is C37H42N10O4. The van der Waals surface area contributed by atoms with E-state index in [2.05, 4.69) is 67.2 Å². The van der Waals surface area contributed by atoms with Crippen molar-refractivity contribution in [3.8, 4) is 0 Å². The van der Waals surface area contributed by atoms with Gasteiger partial charge in [0, 0.05) is 62.4 Å². The Hall–Kier alpha value is -5.63. The number of pyridine rings is 1. The van der Waals surface area contributed by atoms with E-state index in [1.807, 2.05) is 30.5 Å². The van der Waals surface area contributed by atoms with Gasteiger partial charge in [0.25, 0.3) is 5.91 Å². The summed E-state index contributed by atoms with van der Waals surface area (Å²) in [5.74, 6) is -1.67. The van der Waals surface area contributed by atoms with Crippen molar-refractivity contribution >= 4 is 51.6 Å². The molecule has 14 nitrogen and oxygen atoms in total. The number of benzene rings is 2. The third-order valence-electron chi connectivity index (χ3n) is 10.1. The fourth-order valence-electron chi connectivity index (χ4n) is 7.30. The van der Waals surface area contributed by atoms with Gasteiger partial charge in [-0.15, -0.1) is 5.10 Å². The first-order valence-corrected chi connectivity index (χ1v) is 17.4. The van der Waals surface area contributed by atoms with E-state index >= 15 is 0 Å². The average molecular weight is 691 g/mol. The van der Waals surface area contributed by atoms with Gasteiger partial charge in [-0.3, -0.25) is 29.2 Å². The molecule has 3 aromatic heterocycles. The van der Waals surface area contributed by atoms with Gasteiger partial charge in [-0.2, -0.15) is 5.10 Å². The maximum atomic E-state index is 13.0. The lowest BCUT2D eigenvalue weighted by Crippen LogP contribution is -2.39. The van der Waals surface area contributed by atoms with E-state index in [0.717, 1.165) is 36.1 Å². The first kappa shape index (κ1) is 33.8. The molecule has 0 aliphatic carbocycles. The number of amides is 4. The minimum absolute atomic E-state index is 0.0316. The molecule has 14 heteroatoms. The summed E-state index contributed by atoms with van der Waals surface area (Å²) in [6, 6.07) is 18.1. The van der Waals surface area contributed by atoms with Gasteiger partial charge in [0.05, 0.1) is 34.7 Å². The van der Waals surface area contributed by atoms with Crippen LogP contribution >= 0.6 is 0 Å². The van der Waals surface area contributed by atoms with Crippen molar-refractivity contribution in [1.29, 1.82) is 0 Å². The largest absolute Gasteiger partial charge is 0.369 e. The fourth-order valence-corrected chi connectivity index (χ4v) is 7.30. The number of aryl methyl sites for hydroxylation is 1. The van der Waals surface area contributed by atoms with Crippen molar-refractivity contribution in [2.75, 3.05) is 29.9 Å². The van der Waals surface area contributed by atoms with Crippen molar-refractivity contribution in [3.05, 3.63) is 83.4 Å². The van der Waals surface area contributed by atoms with E-state index in [1.54, 1.807) is 22.3 Å². The van der Waals surface area contributed by atoms with Gasteiger partial charge in [0.1, 0.15) is 0 Å². The maximum Gasteiger partial charge on any atom is 0.290 e. The standard InChI is InChI=1S/C37H42N10O4/c1-37(24-9-4-3-5-10-24)16-18-46(22-37)25-19-23(20-38)34-42-33(44-47(34)21-25)36(51)39-17-7-6-13-29(48)40-28-12-8-11-26-31(43-45(2)32(26)28)27-14-15-30(49)41-35(27)50/h3-5,8-12,19,21,27H,6-7,13-18,20,22,38H2,1-2H3,(H,39,51)(H,40,48)(H,41,49,50)/t27?,37-/m0/s1. The number of hydrogen-bond acceptors (Lipinski definition) is 9. The molecule has 264 valence electrons. The number of nitrogens with one attached hydrogen (secondary N) is 3. The normalized spacial score (nSPS) is 19.1. The van der Waals surface area contributed by atoms with Crippen molar-refractivity contribution in [2.45, 2.75) is 63.3 Å². The van der Waals surface area contributed by atoms with Gasteiger partial charge in [-0.1, -0.05) is 49.4 Å². The number of aromatic nitrogens is 5. The van der Waals surface area contributed by atoms with Crippen LogP contribution in [0.3, 0.4) is 0 Å². The van der Waals surface area contributed by atoms with Gasteiger partial charge in [-0.25, -0.2) is 9.50 Å². The van der Waals surface area contributed by atoms with Crippen LogP contribution in [0.1, 0.15) is 78.8 Å². The molecule has 2 aromatic carbocycles. The zero-order valence-corrected chi connectivity index (χ0v) is 28.8. The topological polar surface area (TPSA) is 182 Å². The molecule has 5 heterocycles. The Balaban J connectivity index is 0.928. The number of nitrogens with zero attached hydrogens (tertiary/aromatic N) is 6. The lowest BCUT2D eigenvalue weighted by Gasteiger charge is -2.26. The number of carbonyl (C=O) groups is 4. The Morgan fingerprint density at radius 3 is 2.69 bits per heavy atom. The lowest BCUT2D eigenvalue weighted by molar-refractivity contribution is -0.134. The van der Waals surface area contributed by atoms with Gasteiger partial charge in [-0.05, 0) is 43.4 Å². The van der Waals surface area contributed by atoms with Crippen LogP contribution in [0, 0.1) is 0 Å². The molecule has 0 saturated carbocycles. The number of hydrogen-bond donors (Lipinski definition) is 4. The van der Waals surface area contributed by atoms with Gasteiger partial charge < -0.3 is 21.3 Å². The molecule has 2 saturated heterocycles. The van der Waals surface area contributed by atoms with Crippen molar-refractivity contribution in [3.63, 3.8) is 0 Å². The maximum absolute atomic E-state index is 13.0. The zero-order chi connectivity index (χ0) is 35.7. The van der Waals surface area contributed by atoms with Crippen LogP contribution in [-0.4, -0.2) is 67.6 Å². The first-order valence-electron chi connectivity index (χ1n) is 17.4. The van der Waals surface area contributed by atoms with E-state index in [1.165, 1.54) is 5.56 Å². The van der Waals surface area contributed by atoms with Crippen LogP contribution in [0.4, 0.5) is 11.4 Å². The minimum atomic E-state index is -0.532. The van der Waals surface area contributed by atoms with Gasteiger partial charge >= 0.3 is 0 Å². The molecule has 4 amide bonds. The molecule has 51 heavy (non-hydrogen) atoms. The van der Waals surface area contributed by atoms with Crippen LogP contribution in [0.25, 0.3) is 16.6 Å². The number of piperidine rings is 1. The van der Waals surface area contributed by atoms with E-state index in [0.29, 0.717) is 48.4 Å². The van der Waals surface area contributed by atoms with Crippen molar-refractivity contribution < 1.29 is 19.2 Å². The average Bonchev–Trinajstić information content (AvgIpc) is 3.84. The molecule has 2 fully saturated rings. The second kappa shape index (κ2) is 13.9. The number of unbranched alkanes of at least 4 members (excludes halogenated alkanes) is 1. The molecule has 2 atom stereocenters. The first-order chi connectivity index (χ1) is 24.6. The highest BCUT2D eigenvalue weighted by Gasteiger charge is 2.36. The van der Waals surface area contributed by atoms with E-state index in [-0.39, 0.29) is 54.3 Å². The Labute approximate surface area is 294 Å². The monoisotopic (exact) mass is 690 g/mol. The molecule has 0 bridgehead atoms. The molecular weight excluding hydrogens is 648 g/mol. The summed E-state index contributed by atoms with van der Waals surface area (Å²) in [7, 11) is 1.76. The summed E-state index contributed by atoms with van der Waals surface area (Å²) >= 11 is 0. The van der Waals surface area contributed by atoms with Crippen LogP contribution in [0.15, 0.2) is 60.8 Å². The number of carbonyl (C=O) groups excluding carboxylic acids is 4. The predicted octanol–water partition coefficient (Wildman–Crippen LogP) is 3.30. The summed E-state index contributed by atoms with van der Waals surface area (Å²) in [6.07, 6.45) is 4.95. The fraction of sp³-hybridized carbons (Fsp3) is 0.378. The summed E-state index contributed by atoms with van der Waals surface area (Å²) in [4.78, 5) is 56.9. The molecule has 0 spiro atoms. The summed E-state index contributed by atoms with van der Waals surface area (Å²) in [5.41, 5.74) is 11.7. The Bertz CT molecular complexity index is 2140. The summed E-state index contributed by atoms with van der Waals surface area (Å²) < 4.78 is 3.30. The van der Waals surface area contributed by atoms with Gasteiger partial charge in [0.2, 0.25) is 23.5 Å². The second-order valence-corrected chi connectivity index (χ2v) is 13.7. The van der Waals surface area contributed by atoms with Crippen molar-refractivity contribution in [2.24, 2.45) is 12.8 Å². The zero-order valence-electron chi connectivity index (χ0n) is 28.8. The highest BCUT2D eigenvalue weighted by molar-refractivity contribution is 6.05. The van der Waals surface area contributed by atoms with E-state index < -0.39 is 5.92 Å². The molecule has 5 aromatic rings. The SMILES string of the molecule is Cn1nc(C2CCC(=O)NC2=O)c2cccc(NC(=O)CCCCNC(=O)c3nc4c(CN)cc(N5CC[C@](C)(c6ccccc6)C5)cn4n3)c21. The van der Waals surface area contributed by atoms with Crippen molar-refractivity contribution in [1.82, 2.24) is 35.0 Å². The quantitative estimate of drug-likeness (QED) is 0.119. The second-order valence-electron chi connectivity index (χ2n) is 13.7. The smallest absolute Gasteiger partial charge is 0.290 e. The van der Waals surface area contributed by atoms with E-state index in [9.17, 15) is 19.2 Å². The van der Waals surface area contributed by atoms with Crippen LogP contribution in [-0.2, 0) is 33.4 Å². The third kappa shape index (κ3) is 6.78. The molecule has 2 aliphatic heterocycles. The minimum Gasteiger partial charge on any atom is -0.369 e. The number of rotatable bonds is 11. The summed E-state index contributed by atoms with van der Waals surface area (Å²) in [6.45, 7) is 4.66. The summed E-state index contributed by atoms with van der Waals surface area (Å²) in [5, 5.41) is 18.1. The number of imide groups is 1. The van der Waals surface area contributed by atoms with Crippen LogP contribution in [0.5, 0.6) is 0 Å². The predicted molar refractivity (Wildman–Crippen MR) is 192 cm³/mol. The third-order valence-corrected chi connectivity index (χ3v) is 10.1. The Kier molecular flexibility index (Phi) is 9.25. The van der Waals surface area contributed by atoms with Crippen LogP contribution < -0.4 is 26.6 Å². The van der Waals surface area contributed by atoms with E-state index in [4.69, 9.17) is 5.73 Å². The Morgan fingerprint density at radius 1 is 1.08 bits per heavy atom. The van der Waals surface area contributed by atoms with Crippen LogP contribution in [0.2, 0.25) is 0 Å². The number of nitrogens with two attached hydrogens (primary N) is 1. The highest BCUT2D eigenvalue weighted by Crippen LogP contribution is 2.37. The molecule has 7 rings (SSSR count). The highest BCUT2D eigenvalue weighted by atomic mass is 16.2. The molecule has 2 aliphatic rings. The number of para-hydroxylation sites is 1. The van der Waals surface area contributed by atoms with Gasteiger partial charge in [0.15, 0.2) is 5.65 Å². The number of fused-ring (bicyclic) bond motifs is 2. The lowest BCUT2D eigenvalue weighted by atomic mass is 9.82. The Morgan fingerprint density at radius 2 is 1.90 bits per heavy atom. The number of anilines is 2. The molecule has 1 unspecified atom stereocenters. The molecule has 5 N–H and O–H groups in total.